The highest BCUT2D eigenvalue weighted by atomic mass is 16.3. The fourth-order valence-electron chi connectivity index (χ4n) is 7.32. The maximum atomic E-state index is 9.47. The lowest BCUT2D eigenvalue weighted by atomic mass is 9.84. The van der Waals surface area contributed by atoms with Gasteiger partial charge in [-0.2, -0.15) is 0 Å². The van der Waals surface area contributed by atoms with Crippen LogP contribution in [0.4, 0.5) is 0 Å². The van der Waals surface area contributed by atoms with Gasteiger partial charge >= 0.3 is 0 Å². The summed E-state index contributed by atoms with van der Waals surface area (Å²) in [5, 5.41) is 6.39. The lowest BCUT2D eigenvalue weighted by molar-refractivity contribution is 0.669. The molecule has 0 aliphatic heterocycles. The summed E-state index contributed by atoms with van der Waals surface area (Å²) in [5.74, 6) is 0. The van der Waals surface area contributed by atoms with Crippen molar-refractivity contribution in [3.8, 4) is 44.5 Å². The molecule has 1 heteroatoms. The molecule has 1 nitrogen and oxygen atoms in total. The molecule has 49 heavy (non-hydrogen) atoms. The molecule has 0 unspecified atom stereocenters. The Morgan fingerprint density at radius 3 is 1.80 bits per heavy atom. The topological polar surface area (TPSA) is 13.1 Å². The summed E-state index contributed by atoms with van der Waals surface area (Å²) in [5.41, 5.74) is 6.22. The molecule has 0 fully saturated rings. The van der Waals surface area contributed by atoms with Gasteiger partial charge in [0.1, 0.15) is 11.2 Å². The third-order valence-electron chi connectivity index (χ3n) is 9.55. The number of hydrogen-bond acceptors (Lipinski definition) is 1. The second-order valence-corrected chi connectivity index (χ2v) is 12.4. The molecule has 0 radical (unpaired) electrons. The molecule has 0 saturated heterocycles. The second-order valence-electron chi connectivity index (χ2n) is 12.4. The molecule has 0 amide bonds. The van der Waals surface area contributed by atoms with Gasteiger partial charge < -0.3 is 4.42 Å². The molecule has 0 spiro atoms. The number of fused-ring (bicyclic) bond motifs is 6. The van der Waals surface area contributed by atoms with Gasteiger partial charge in [-0.15, -0.1) is 0 Å². The van der Waals surface area contributed by atoms with E-state index >= 15 is 0 Å². The van der Waals surface area contributed by atoms with Gasteiger partial charge in [0.2, 0.25) is 0 Å². The fraction of sp³-hybridized carbons (Fsp3) is 0. The van der Waals surface area contributed by atoms with Crippen molar-refractivity contribution in [3.63, 3.8) is 0 Å². The first-order valence-electron chi connectivity index (χ1n) is 19.4. The highest BCUT2D eigenvalue weighted by Gasteiger charge is 2.20. The van der Waals surface area contributed by atoms with Crippen molar-refractivity contribution in [1.29, 1.82) is 0 Å². The predicted molar refractivity (Wildman–Crippen MR) is 208 cm³/mol. The molecule has 228 valence electrons. The minimum Gasteiger partial charge on any atom is -0.456 e. The van der Waals surface area contributed by atoms with Crippen molar-refractivity contribution in [2.45, 2.75) is 0 Å². The Labute approximate surface area is 292 Å². The van der Waals surface area contributed by atoms with E-state index in [9.17, 15) is 4.11 Å². The standard InChI is InChI=1S/C48H30O/c1-2-12-31(13-3-1)36-26-27-42-45(30-36)49-44-23-11-22-43(48(42)44)47-40-20-8-6-18-38(40)46(39-19-7-9-21-41(39)47)37-17-10-16-34(29-37)35-25-24-32-14-4-5-15-33(32)28-35/h1-30H/i11D,22D,23D,26D,27D,30D. The number of hydrogen-bond donors (Lipinski definition) is 0. The minimum atomic E-state index is -0.311. The van der Waals surface area contributed by atoms with Gasteiger partial charge in [-0.3, -0.25) is 0 Å². The zero-order chi connectivity index (χ0) is 37.5. The number of rotatable bonds is 4. The Morgan fingerprint density at radius 1 is 0.388 bits per heavy atom. The van der Waals surface area contributed by atoms with E-state index in [0.29, 0.717) is 22.1 Å². The molecule has 0 atom stereocenters. The summed E-state index contributed by atoms with van der Waals surface area (Å²) < 4.78 is 61.5. The smallest absolute Gasteiger partial charge is 0.136 e. The Morgan fingerprint density at radius 2 is 1.02 bits per heavy atom. The summed E-state index contributed by atoms with van der Waals surface area (Å²) >= 11 is 0. The highest BCUT2D eigenvalue weighted by molar-refractivity contribution is 6.25. The van der Waals surface area contributed by atoms with E-state index in [2.05, 4.69) is 72.8 Å². The fourth-order valence-corrected chi connectivity index (χ4v) is 7.32. The van der Waals surface area contributed by atoms with E-state index < -0.39 is 0 Å². The first-order chi connectivity index (χ1) is 26.8. The molecular weight excluding hydrogens is 593 g/mol. The maximum Gasteiger partial charge on any atom is 0.136 e. The van der Waals surface area contributed by atoms with Crippen molar-refractivity contribution in [2.24, 2.45) is 0 Å². The zero-order valence-corrected chi connectivity index (χ0v) is 26.3. The Kier molecular flexibility index (Phi) is 5.02. The largest absolute Gasteiger partial charge is 0.456 e. The molecule has 10 aromatic rings. The summed E-state index contributed by atoms with van der Waals surface area (Å²) in [6.45, 7) is 0. The van der Waals surface area contributed by atoms with Gasteiger partial charge in [-0.25, -0.2) is 0 Å². The van der Waals surface area contributed by atoms with Crippen molar-refractivity contribution in [3.05, 3.63) is 182 Å². The second kappa shape index (κ2) is 11.1. The first-order valence-corrected chi connectivity index (χ1v) is 16.4. The van der Waals surface area contributed by atoms with Crippen LogP contribution in [0.5, 0.6) is 0 Å². The van der Waals surface area contributed by atoms with Crippen LogP contribution in [0.25, 0.3) is 98.8 Å². The average molecular weight is 629 g/mol. The van der Waals surface area contributed by atoms with Gasteiger partial charge in [-0.1, -0.05) is 152 Å². The van der Waals surface area contributed by atoms with E-state index in [1.165, 1.54) is 10.8 Å². The van der Waals surface area contributed by atoms with Gasteiger partial charge in [0.25, 0.3) is 0 Å². The van der Waals surface area contributed by atoms with Crippen LogP contribution in [0.15, 0.2) is 186 Å². The van der Waals surface area contributed by atoms with Crippen LogP contribution >= 0.6 is 0 Å². The molecule has 0 N–H and O–H groups in total. The normalized spacial score (nSPS) is 13.4. The van der Waals surface area contributed by atoms with Crippen LogP contribution in [0.1, 0.15) is 8.22 Å². The minimum absolute atomic E-state index is 0.0259. The third-order valence-corrected chi connectivity index (χ3v) is 9.55. The highest BCUT2D eigenvalue weighted by Crippen LogP contribution is 2.47. The lowest BCUT2D eigenvalue weighted by Crippen LogP contribution is -1.91. The molecule has 10 rings (SSSR count). The number of furan rings is 1. The molecule has 9 aromatic carbocycles. The van der Waals surface area contributed by atoms with Crippen LogP contribution in [0.2, 0.25) is 0 Å². The van der Waals surface area contributed by atoms with Gasteiger partial charge in [0.15, 0.2) is 0 Å². The molecule has 0 aliphatic rings. The van der Waals surface area contributed by atoms with E-state index in [4.69, 9.17) is 8.53 Å². The molecule has 1 aromatic heterocycles. The monoisotopic (exact) mass is 628 g/mol. The van der Waals surface area contributed by atoms with Gasteiger partial charge in [0.05, 0.1) is 8.22 Å². The molecular formula is C48H30O. The Balaban J connectivity index is 1.30. The van der Waals surface area contributed by atoms with Crippen molar-refractivity contribution < 1.29 is 12.6 Å². The zero-order valence-electron chi connectivity index (χ0n) is 32.3. The van der Waals surface area contributed by atoms with E-state index in [-0.39, 0.29) is 58.4 Å². The molecule has 0 bridgehead atoms. The lowest BCUT2D eigenvalue weighted by Gasteiger charge is -2.18. The van der Waals surface area contributed by atoms with Gasteiger partial charge in [0, 0.05) is 10.8 Å². The average Bonchev–Trinajstić information content (AvgIpc) is 3.63. The Bertz CT molecular complexity index is 3160. The van der Waals surface area contributed by atoms with E-state index in [1.807, 2.05) is 60.7 Å². The molecule has 0 aliphatic carbocycles. The predicted octanol–water partition coefficient (Wildman–Crippen LogP) is 13.7. The summed E-state index contributed by atoms with van der Waals surface area (Å²) in [6.07, 6.45) is 0. The maximum absolute atomic E-state index is 9.47. The summed E-state index contributed by atoms with van der Waals surface area (Å²) in [6, 6.07) is 47.4. The third kappa shape index (κ3) is 4.47. The molecule has 0 saturated carbocycles. The van der Waals surface area contributed by atoms with E-state index in [0.717, 1.165) is 43.8 Å². The van der Waals surface area contributed by atoms with Crippen LogP contribution in [-0.2, 0) is 0 Å². The van der Waals surface area contributed by atoms with Crippen LogP contribution in [0.3, 0.4) is 0 Å². The van der Waals surface area contributed by atoms with Crippen LogP contribution in [0, 0.1) is 0 Å². The van der Waals surface area contributed by atoms with Crippen LogP contribution < -0.4 is 0 Å². The van der Waals surface area contributed by atoms with Gasteiger partial charge in [-0.05, 0) is 107 Å². The van der Waals surface area contributed by atoms with E-state index in [1.54, 1.807) is 12.1 Å². The van der Waals surface area contributed by atoms with Crippen molar-refractivity contribution >= 4 is 54.3 Å². The molecule has 1 heterocycles. The quantitative estimate of drug-likeness (QED) is 0.177. The Hall–Kier alpha value is -6.44. The number of benzene rings is 9. The summed E-state index contributed by atoms with van der Waals surface area (Å²) in [4.78, 5) is 0. The van der Waals surface area contributed by atoms with Crippen molar-refractivity contribution in [2.75, 3.05) is 0 Å². The summed E-state index contributed by atoms with van der Waals surface area (Å²) in [7, 11) is 0. The van der Waals surface area contributed by atoms with Crippen molar-refractivity contribution in [1.82, 2.24) is 0 Å². The first kappa shape index (κ1) is 22.2. The van der Waals surface area contributed by atoms with Crippen LogP contribution in [-0.4, -0.2) is 0 Å². The SMILES string of the molecule is [2H]c1c([2H])c(-c2c3ccccc3c(-c3cccc(-c4ccc5ccccc5c4)c3)c3ccccc23)c2c(oc3c([2H])c(-c4ccccc4)c([2H])c([2H])c32)c1[2H].